The van der Waals surface area contributed by atoms with Crippen molar-refractivity contribution in [2.75, 3.05) is 0 Å². The second kappa shape index (κ2) is 6.87. The number of rotatable bonds is 5. The van der Waals surface area contributed by atoms with Gasteiger partial charge in [0.15, 0.2) is 0 Å². The first kappa shape index (κ1) is 15.0. The van der Waals surface area contributed by atoms with Gasteiger partial charge in [-0.2, -0.15) is 0 Å². The maximum Gasteiger partial charge on any atom is 0.126 e. The maximum atomic E-state index is 13.6. The summed E-state index contributed by atoms with van der Waals surface area (Å²) in [6.07, 6.45) is 1.12. The third kappa shape index (κ3) is 4.06. The molecule has 106 valence electrons. The van der Waals surface area contributed by atoms with Gasteiger partial charge in [0.05, 0.1) is 6.10 Å². The molecule has 0 heterocycles. The molecule has 0 amide bonds. The van der Waals surface area contributed by atoms with Crippen LogP contribution in [0.15, 0.2) is 42.5 Å². The molecule has 0 bridgehead atoms. The number of halogens is 2. The smallest absolute Gasteiger partial charge is 0.126 e. The first-order chi connectivity index (χ1) is 9.56. The Labute approximate surface area is 124 Å². The van der Waals surface area contributed by atoms with Gasteiger partial charge < -0.3 is 5.11 Å². The van der Waals surface area contributed by atoms with Crippen LogP contribution in [0.3, 0.4) is 0 Å². The van der Waals surface area contributed by atoms with Gasteiger partial charge in [-0.25, -0.2) is 4.39 Å². The van der Waals surface area contributed by atoms with E-state index in [9.17, 15) is 9.50 Å². The highest BCUT2D eigenvalue weighted by molar-refractivity contribution is 6.30. The largest absolute Gasteiger partial charge is 0.393 e. The van der Waals surface area contributed by atoms with E-state index < -0.39 is 6.10 Å². The van der Waals surface area contributed by atoms with Crippen molar-refractivity contribution in [1.29, 1.82) is 0 Å². The molecule has 1 nitrogen and oxygen atoms in total. The molecular formula is C17H18ClFO. The summed E-state index contributed by atoms with van der Waals surface area (Å²) in [6, 6.07) is 12.5. The molecule has 0 spiro atoms. The molecule has 2 aromatic carbocycles. The fourth-order valence-electron chi connectivity index (χ4n) is 2.27. The topological polar surface area (TPSA) is 20.2 Å². The van der Waals surface area contributed by atoms with Crippen molar-refractivity contribution in [2.45, 2.75) is 32.3 Å². The highest BCUT2D eigenvalue weighted by Crippen LogP contribution is 2.18. The summed E-state index contributed by atoms with van der Waals surface area (Å²) in [5.41, 5.74) is 2.90. The molecular weight excluding hydrogens is 275 g/mol. The van der Waals surface area contributed by atoms with Gasteiger partial charge in [-0.05, 0) is 54.7 Å². The SMILES string of the molecule is Cc1ccccc1CCC(O)Cc1cc(Cl)ccc1F. The van der Waals surface area contributed by atoms with E-state index in [1.807, 2.05) is 12.1 Å². The summed E-state index contributed by atoms with van der Waals surface area (Å²) in [5, 5.41) is 10.6. The molecule has 0 saturated heterocycles. The summed E-state index contributed by atoms with van der Waals surface area (Å²) in [4.78, 5) is 0. The maximum absolute atomic E-state index is 13.6. The van der Waals surface area contributed by atoms with Crippen LogP contribution in [0.1, 0.15) is 23.1 Å². The minimum absolute atomic E-state index is 0.290. The number of hydrogen-bond donors (Lipinski definition) is 1. The monoisotopic (exact) mass is 292 g/mol. The van der Waals surface area contributed by atoms with Crippen LogP contribution in [0.2, 0.25) is 5.02 Å². The Bertz CT molecular complexity index is 583. The van der Waals surface area contributed by atoms with Gasteiger partial charge in [-0.1, -0.05) is 35.9 Å². The zero-order valence-corrected chi connectivity index (χ0v) is 12.2. The van der Waals surface area contributed by atoms with Crippen molar-refractivity contribution in [3.63, 3.8) is 0 Å². The second-order valence-electron chi connectivity index (χ2n) is 5.06. The highest BCUT2D eigenvalue weighted by Gasteiger charge is 2.11. The minimum atomic E-state index is -0.567. The van der Waals surface area contributed by atoms with Crippen molar-refractivity contribution >= 4 is 11.6 Å². The van der Waals surface area contributed by atoms with Gasteiger partial charge in [0, 0.05) is 11.4 Å². The zero-order chi connectivity index (χ0) is 14.5. The zero-order valence-electron chi connectivity index (χ0n) is 11.4. The molecule has 0 aliphatic heterocycles. The van der Waals surface area contributed by atoms with E-state index in [4.69, 9.17) is 11.6 Å². The molecule has 20 heavy (non-hydrogen) atoms. The van der Waals surface area contributed by atoms with Gasteiger partial charge in [0.2, 0.25) is 0 Å². The Kier molecular flexibility index (Phi) is 5.16. The van der Waals surface area contributed by atoms with Gasteiger partial charge in [-0.15, -0.1) is 0 Å². The van der Waals surface area contributed by atoms with Crippen LogP contribution < -0.4 is 0 Å². The Hall–Kier alpha value is -1.38. The fourth-order valence-corrected chi connectivity index (χ4v) is 2.46. The van der Waals surface area contributed by atoms with Crippen molar-refractivity contribution in [3.05, 3.63) is 70.0 Å². The average molecular weight is 293 g/mol. The van der Waals surface area contributed by atoms with E-state index in [2.05, 4.69) is 19.1 Å². The molecule has 1 atom stereocenters. The Morgan fingerprint density at radius 2 is 1.90 bits per heavy atom. The molecule has 0 radical (unpaired) electrons. The molecule has 0 fully saturated rings. The summed E-state index contributed by atoms with van der Waals surface area (Å²) in [7, 11) is 0. The Morgan fingerprint density at radius 1 is 1.15 bits per heavy atom. The Balaban J connectivity index is 1.94. The summed E-state index contributed by atoms with van der Waals surface area (Å²) in [5.74, 6) is -0.315. The molecule has 0 aliphatic carbocycles. The van der Waals surface area contributed by atoms with Gasteiger partial charge in [0.25, 0.3) is 0 Å². The molecule has 3 heteroatoms. The number of aliphatic hydroxyl groups is 1. The van der Waals surface area contributed by atoms with Gasteiger partial charge in [-0.3, -0.25) is 0 Å². The minimum Gasteiger partial charge on any atom is -0.393 e. The predicted octanol–water partition coefficient (Wildman–Crippen LogP) is 4.32. The van der Waals surface area contributed by atoms with Crippen molar-refractivity contribution in [1.82, 2.24) is 0 Å². The van der Waals surface area contributed by atoms with Crippen LogP contribution >= 0.6 is 11.6 Å². The summed E-state index contributed by atoms with van der Waals surface area (Å²) in [6.45, 7) is 2.05. The predicted molar refractivity (Wildman–Crippen MR) is 80.6 cm³/mol. The number of benzene rings is 2. The summed E-state index contributed by atoms with van der Waals surface area (Å²) < 4.78 is 13.6. The molecule has 2 aromatic rings. The quantitative estimate of drug-likeness (QED) is 0.870. The van der Waals surface area contributed by atoms with E-state index in [0.717, 1.165) is 6.42 Å². The summed E-state index contributed by atoms with van der Waals surface area (Å²) >= 11 is 5.85. The Morgan fingerprint density at radius 3 is 2.65 bits per heavy atom. The standard InChI is InChI=1S/C17H18ClFO/c1-12-4-2-3-5-13(12)6-8-16(20)11-14-10-15(18)7-9-17(14)19/h2-5,7,9-10,16,20H,6,8,11H2,1H3. The second-order valence-corrected chi connectivity index (χ2v) is 5.50. The van der Waals surface area contributed by atoms with E-state index in [-0.39, 0.29) is 12.2 Å². The van der Waals surface area contributed by atoms with Crippen LogP contribution in [-0.4, -0.2) is 11.2 Å². The van der Waals surface area contributed by atoms with Crippen LogP contribution in [0.25, 0.3) is 0 Å². The van der Waals surface area contributed by atoms with Gasteiger partial charge in [0.1, 0.15) is 5.82 Å². The van der Waals surface area contributed by atoms with E-state index in [1.165, 1.54) is 23.3 Å². The molecule has 2 rings (SSSR count). The molecule has 0 saturated carbocycles. The lowest BCUT2D eigenvalue weighted by Gasteiger charge is -2.12. The lowest BCUT2D eigenvalue weighted by Crippen LogP contribution is -2.13. The van der Waals surface area contributed by atoms with Crippen molar-refractivity contribution in [2.24, 2.45) is 0 Å². The lowest BCUT2D eigenvalue weighted by molar-refractivity contribution is 0.164. The molecule has 0 aliphatic rings. The van der Waals surface area contributed by atoms with E-state index >= 15 is 0 Å². The van der Waals surface area contributed by atoms with E-state index in [1.54, 1.807) is 6.07 Å². The first-order valence-corrected chi connectivity index (χ1v) is 7.10. The third-order valence-corrected chi connectivity index (χ3v) is 3.71. The van der Waals surface area contributed by atoms with Gasteiger partial charge >= 0.3 is 0 Å². The first-order valence-electron chi connectivity index (χ1n) is 6.73. The third-order valence-electron chi connectivity index (χ3n) is 3.47. The molecule has 1 N–H and O–H groups in total. The van der Waals surface area contributed by atoms with Crippen molar-refractivity contribution in [3.8, 4) is 0 Å². The molecule has 1 unspecified atom stereocenters. The number of aryl methyl sites for hydroxylation is 2. The average Bonchev–Trinajstić information content (AvgIpc) is 2.42. The lowest BCUT2D eigenvalue weighted by atomic mass is 9.98. The van der Waals surface area contributed by atoms with Crippen molar-refractivity contribution < 1.29 is 9.50 Å². The highest BCUT2D eigenvalue weighted by atomic mass is 35.5. The fraction of sp³-hybridized carbons (Fsp3) is 0.294. The number of hydrogen-bond acceptors (Lipinski definition) is 1. The number of aliphatic hydroxyl groups excluding tert-OH is 1. The van der Waals surface area contributed by atoms with Crippen LogP contribution in [-0.2, 0) is 12.8 Å². The van der Waals surface area contributed by atoms with Crippen LogP contribution in [0, 0.1) is 12.7 Å². The van der Waals surface area contributed by atoms with E-state index in [0.29, 0.717) is 17.0 Å². The molecule has 0 aromatic heterocycles. The normalized spacial score (nSPS) is 12.4. The van der Waals surface area contributed by atoms with Crippen LogP contribution in [0.5, 0.6) is 0 Å². The van der Waals surface area contributed by atoms with Crippen LogP contribution in [0.4, 0.5) is 4.39 Å².